The van der Waals surface area contributed by atoms with Crippen LogP contribution in [0.15, 0.2) is 12.1 Å². The number of ether oxygens (including phenoxy) is 1. The average molecular weight is 213 g/mol. The number of rotatable bonds is 4. The van der Waals surface area contributed by atoms with Gasteiger partial charge in [0.25, 0.3) is 0 Å². The Bertz CT molecular complexity index is 280. The molecule has 1 saturated heterocycles. The van der Waals surface area contributed by atoms with Crippen LogP contribution in [0.3, 0.4) is 0 Å². The zero-order valence-corrected chi connectivity index (χ0v) is 8.38. The van der Waals surface area contributed by atoms with Crippen molar-refractivity contribution in [3.05, 3.63) is 12.1 Å². The fourth-order valence-electron chi connectivity index (χ4n) is 1.22. The van der Waals surface area contributed by atoms with E-state index in [1.807, 2.05) is 0 Å². The summed E-state index contributed by atoms with van der Waals surface area (Å²) in [6, 6.07) is 0. The van der Waals surface area contributed by atoms with E-state index in [-0.39, 0.29) is 19.7 Å². The summed E-state index contributed by atoms with van der Waals surface area (Å²) >= 11 is 0. The van der Waals surface area contributed by atoms with Crippen LogP contribution in [0.25, 0.3) is 0 Å². The van der Waals surface area contributed by atoms with Crippen LogP contribution in [0, 0.1) is 0 Å². The Morgan fingerprint density at radius 2 is 2.53 bits per heavy atom. The van der Waals surface area contributed by atoms with Gasteiger partial charge in [0.2, 0.25) is 0 Å². The van der Waals surface area contributed by atoms with Gasteiger partial charge in [-0.2, -0.15) is 0 Å². The zero-order chi connectivity index (χ0) is 11.3. The molecule has 0 unspecified atom stereocenters. The molecule has 1 fully saturated rings. The summed E-state index contributed by atoms with van der Waals surface area (Å²) in [4.78, 5) is 23.5. The van der Waals surface area contributed by atoms with E-state index < -0.39 is 19.0 Å². The highest BCUT2D eigenvalue weighted by molar-refractivity contribution is 6.58. The Morgan fingerprint density at radius 3 is 3.13 bits per heavy atom. The highest BCUT2D eigenvalue weighted by atomic mass is 16.5. The molecule has 1 N–H and O–H groups in total. The molecular formula is C8H12BNO5. The van der Waals surface area contributed by atoms with Crippen molar-refractivity contribution in [3.8, 4) is 0 Å². The third-order valence-corrected chi connectivity index (χ3v) is 1.91. The molecule has 0 aromatic heterocycles. The summed E-state index contributed by atoms with van der Waals surface area (Å²) in [5.41, 5.74) is 0. The highest BCUT2D eigenvalue weighted by Crippen LogP contribution is 2.08. The zero-order valence-electron chi connectivity index (χ0n) is 8.38. The Morgan fingerprint density at radius 1 is 1.80 bits per heavy atom. The van der Waals surface area contributed by atoms with Gasteiger partial charge in [-0.1, -0.05) is 12.1 Å². The number of carbonyl (C=O) groups excluding carboxylic acids is 2. The first-order chi connectivity index (χ1) is 7.17. The summed E-state index contributed by atoms with van der Waals surface area (Å²) < 4.78 is 9.38. The molecule has 0 bridgehead atoms. The lowest BCUT2D eigenvalue weighted by Crippen LogP contribution is -2.38. The van der Waals surface area contributed by atoms with Crippen molar-refractivity contribution >= 4 is 19.0 Å². The quantitative estimate of drug-likeness (QED) is 0.457. The van der Waals surface area contributed by atoms with Gasteiger partial charge in [0.15, 0.2) is 0 Å². The standard InChI is InChI=1S/C8H12BNO5/c1-14-7(12)5-10-6-8(13)15-9(10)3-2-4-11/h2-3,11H,4-6H2,1H3/b3-2+. The van der Waals surface area contributed by atoms with Crippen LogP contribution in [0.1, 0.15) is 0 Å². The van der Waals surface area contributed by atoms with Crippen molar-refractivity contribution in [2.75, 3.05) is 26.8 Å². The first-order valence-electron chi connectivity index (χ1n) is 4.45. The first-order valence-corrected chi connectivity index (χ1v) is 4.45. The molecule has 6 nitrogen and oxygen atoms in total. The maximum atomic E-state index is 11.0. The van der Waals surface area contributed by atoms with Crippen molar-refractivity contribution in [1.29, 1.82) is 0 Å². The molecule has 1 heterocycles. The molecule has 0 aromatic carbocycles. The van der Waals surface area contributed by atoms with Crippen molar-refractivity contribution in [2.45, 2.75) is 0 Å². The van der Waals surface area contributed by atoms with Gasteiger partial charge in [-0.25, -0.2) is 0 Å². The summed E-state index contributed by atoms with van der Waals surface area (Å²) in [6.45, 7) is -0.0989. The molecule has 0 spiro atoms. The third kappa shape index (κ3) is 3.37. The van der Waals surface area contributed by atoms with E-state index >= 15 is 0 Å². The Kier molecular flexibility index (Phi) is 4.32. The molecule has 0 saturated carbocycles. The largest absolute Gasteiger partial charge is 0.515 e. The molecular weight excluding hydrogens is 201 g/mol. The van der Waals surface area contributed by atoms with Crippen LogP contribution < -0.4 is 0 Å². The van der Waals surface area contributed by atoms with E-state index in [0.717, 1.165) is 0 Å². The minimum Gasteiger partial charge on any atom is -0.515 e. The minimum atomic E-state index is -0.594. The first kappa shape index (κ1) is 11.7. The molecule has 0 atom stereocenters. The molecule has 1 aliphatic rings. The number of hydrogen-bond donors (Lipinski definition) is 1. The van der Waals surface area contributed by atoms with E-state index in [0.29, 0.717) is 0 Å². The van der Waals surface area contributed by atoms with Crippen LogP contribution in [0.2, 0.25) is 0 Å². The maximum Gasteiger partial charge on any atom is 0.480 e. The van der Waals surface area contributed by atoms with E-state index in [4.69, 9.17) is 9.76 Å². The average Bonchev–Trinajstić information content (AvgIpc) is 2.55. The highest BCUT2D eigenvalue weighted by Gasteiger charge is 2.36. The normalized spacial score (nSPS) is 17.2. The molecule has 82 valence electrons. The van der Waals surface area contributed by atoms with Crippen molar-refractivity contribution < 1.29 is 24.1 Å². The third-order valence-electron chi connectivity index (χ3n) is 1.91. The number of hydrogen-bond acceptors (Lipinski definition) is 6. The molecule has 0 aliphatic carbocycles. The SMILES string of the molecule is COC(=O)CN1CC(=O)OB1/C=C/CO. The van der Waals surface area contributed by atoms with Crippen molar-refractivity contribution in [1.82, 2.24) is 4.81 Å². The number of methoxy groups -OCH3 is 1. The minimum absolute atomic E-state index is 0.0112. The number of aliphatic hydroxyl groups excluding tert-OH is 1. The smallest absolute Gasteiger partial charge is 0.480 e. The maximum absolute atomic E-state index is 11.0. The second kappa shape index (κ2) is 5.52. The van der Waals surface area contributed by atoms with Gasteiger partial charge in [-0.3, -0.25) is 14.4 Å². The second-order valence-electron chi connectivity index (χ2n) is 2.97. The van der Waals surface area contributed by atoms with E-state index in [1.165, 1.54) is 24.0 Å². The van der Waals surface area contributed by atoms with Crippen LogP contribution in [-0.2, 0) is 19.0 Å². The predicted molar refractivity (Wildman–Crippen MR) is 51.7 cm³/mol. The Balaban J connectivity index is 2.56. The van der Waals surface area contributed by atoms with E-state index in [1.54, 1.807) is 0 Å². The van der Waals surface area contributed by atoms with Gasteiger partial charge in [-0.15, -0.1) is 0 Å². The van der Waals surface area contributed by atoms with Crippen molar-refractivity contribution in [3.63, 3.8) is 0 Å². The number of esters is 1. The van der Waals surface area contributed by atoms with Gasteiger partial charge >= 0.3 is 19.0 Å². The van der Waals surface area contributed by atoms with Crippen LogP contribution >= 0.6 is 0 Å². The number of aliphatic hydroxyl groups is 1. The van der Waals surface area contributed by atoms with Gasteiger partial charge in [0.05, 0.1) is 26.8 Å². The van der Waals surface area contributed by atoms with Gasteiger partial charge in [-0.05, 0) is 0 Å². The molecule has 7 heteroatoms. The topological polar surface area (TPSA) is 76.1 Å². The van der Waals surface area contributed by atoms with Crippen LogP contribution in [-0.4, -0.2) is 55.7 Å². The fraction of sp³-hybridized carbons (Fsp3) is 0.500. The number of nitrogens with zero attached hydrogens (tertiary/aromatic N) is 1. The molecule has 0 amide bonds. The molecule has 15 heavy (non-hydrogen) atoms. The number of carbonyl (C=O) groups is 2. The lowest BCUT2D eigenvalue weighted by molar-refractivity contribution is -0.140. The fourth-order valence-corrected chi connectivity index (χ4v) is 1.22. The summed E-state index contributed by atoms with van der Waals surface area (Å²) in [6.07, 6.45) is 1.45. The molecule has 1 aliphatic heterocycles. The summed E-state index contributed by atoms with van der Waals surface area (Å²) in [5, 5.41) is 8.57. The van der Waals surface area contributed by atoms with E-state index in [9.17, 15) is 9.59 Å². The summed E-state index contributed by atoms with van der Waals surface area (Å²) in [7, 11) is 0.684. The van der Waals surface area contributed by atoms with Gasteiger partial charge in [0.1, 0.15) is 0 Å². The molecule has 0 radical (unpaired) electrons. The van der Waals surface area contributed by atoms with Crippen LogP contribution in [0.5, 0.6) is 0 Å². The molecule has 1 rings (SSSR count). The summed E-state index contributed by atoms with van der Waals surface area (Å²) in [5.74, 6) is 0.690. The van der Waals surface area contributed by atoms with Gasteiger partial charge < -0.3 is 14.5 Å². The molecule has 0 aromatic rings. The van der Waals surface area contributed by atoms with Gasteiger partial charge in [0, 0.05) is 0 Å². The lowest BCUT2D eigenvalue weighted by Gasteiger charge is -2.12. The van der Waals surface area contributed by atoms with Crippen LogP contribution in [0.4, 0.5) is 0 Å². The Labute approximate surface area is 87.6 Å². The monoisotopic (exact) mass is 213 g/mol. The predicted octanol–water partition coefficient (Wildman–Crippen LogP) is -1.41. The lowest BCUT2D eigenvalue weighted by atomic mass is 9.81. The second-order valence-corrected chi connectivity index (χ2v) is 2.97. The Hall–Kier alpha value is -1.34. The van der Waals surface area contributed by atoms with Crippen molar-refractivity contribution in [2.24, 2.45) is 0 Å². The van der Waals surface area contributed by atoms with E-state index in [2.05, 4.69) is 4.74 Å².